The van der Waals surface area contributed by atoms with Gasteiger partial charge in [0.15, 0.2) is 0 Å². The lowest BCUT2D eigenvalue weighted by Crippen LogP contribution is -2.00. The minimum atomic E-state index is -0.663. The van der Waals surface area contributed by atoms with Crippen LogP contribution in [0.3, 0.4) is 0 Å². The highest BCUT2D eigenvalue weighted by atomic mass is 35.5. The van der Waals surface area contributed by atoms with Crippen LogP contribution in [0.4, 0.5) is 0 Å². The van der Waals surface area contributed by atoms with E-state index < -0.39 is 5.97 Å². The predicted octanol–water partition coefficient (Wildman–Crippen LogP) is 2.60. The molecule has 0 spiro atoms. The van der Waals surface area contributed by atoms with E-state index in [0.29, 0.717) is 5.92 Å². The summed E-state index contributed by atoms with van der Waals surface area (Å²) in [5, 5.41) is 9.45. The van der Waals surface area contributed by atoms with E-state index in [1.54, 1.807) is 0 Å². The van der Waals surface area contributed by atoms with E-state index in [1.807, 2.05) is 24.3 Å². The standard InChI is InChI=1S/C11H11ClO2/c12-9-3-1-7(2-4-9)5-8-6-10(8)11(13)14/h1-4,8,10H,5-6H2,(H,13,14)/t8-,10+/m1/s1. The predicted molar refractivity (Wildman–Crippen MR) is 54.4 cm³/mol. The van der Waals surface area contributed by atoms with Crippen LogP contribution in [-0.2, 0) is 11.2 Å². The minimum absolute atomic E-state index is 0.120. The number of aliphatic carboxylic acids is 1. The molecule has 0 saturated heterocycles. The fourth-order valence-electron chi connectivity index (χ4n) is 1.70. The molecule has 0 aliphatic heterocycles. The SMILES string of the molecule is O=C(O)[C@H]1C[C@H]1Cc1ccc(Cl)cc1. The Kier molecular flexibility index (Phi) is 2.46. The number of hydrogen-bond donors (Lipinski definition) is 1. The van der Waals surface area contributed by atoms with Crippen molar-refractivity contribution >= 4 is 17.6 Å². The Hall–Kier alpha value is -1.02. The van der Waals surface area contributed by atoms with E-state index in [2.05, 4.69) is 0 Å². The molecule has 1 saturated carbocycles. The second kappa shape index (κ2) is 3.62. The average molecular weight is 211 g/mol. The molecule has 2 rings (SSSR count). The number of rotatable bonds is 3. The Bertz CT molecular complexity index is 345. The number of benzene rings is 1. The van der Waals surface area contributed by atoms with Gasteiger partial charge in [-0.2, -0.15) is 0 Å². The van der Waals surface area contributed by atoms with Crippen molar-refractivity contribution in [2.45, 2.75) is 12.8 Å². The van der Waals surface area contributed by atoms with Gasteiger partial charge in [0.2, 0.25) is 0 Å². The lowest BCUT2D eigenvalue weighted by molar-refractivity contribution is -0.138. The van der Waals surface area contributed by atoms with Crippen LogP contribution < -0.4 is 0 Å². The zero-order chi connectivity index (χ0) is 10.1. The quantitative estimate of drug-likeness (QED) is 0.833. The molecule has 1 aliphatic carbocycles. The van der Waals surface area contributed by atoms with Gasteiger partial charge in [-0.25, -0.2) is 0 Å². The van der Waals surface area contributed by atoms with Crippen LogP contribution in [0.25, 0.3) is 0 Å². The number of hydrogen-bond acceptors (Lipinski definition) is 1. The molecule has 1 aromatic rings. The van der Waals surface area contributed by atoms with Gasteiger partial charge in [0, 0.05) is 5.02 Å². The summed E-state index contributed by atoms with van der Waals surface area (Å²) in [5.74, 6) is -0.455. The first-order valence-corrected chi connectivity index (χ1v) is 5.02. The molecule has 1 aliphatic rings. The number of carboxylic acid groups (broad SMARTS) is 1. The summed E-state index contributed by atoms with van der Waals surface area (Å²) in [6, 6.07) is 7.60. The first-order chi connectivity index (χ1) is 6.66. The van der Waals surface area contributed by atoms with Crippen molar-refractivity contribution in [1.82, 2.24) is 0 Å². The third-order valence-electron chi connectivity index (χ3n) is 2.65. The largest absolute Gasteiger partial charge is 0.481 e. The normalized spacial score (nSPS) is 24.6. The molecule has 0 heterocycles. The monoisotopic (exact) mass is 210 g/mol. The van der Waals surface area contributed by atoms with Crippen LogP contribution >= 0.6 is 11.6 Å². The molecule has 74 valence electrons. The Labute approximate surface area is 87.5 Å². The van der Waals surface area contributed by atoms with E-state index in [4.69, 9.17) is 16.7 Å². The lowest BCUT2D eigenvalue weighted by Gasteiger charge is -1.99. The summed E-state index contributed by atoms with van der Waals surface area (Å²) < 4.78 is 0. The van der Waals surface area contributed by atoms with Crippen LogP contribution in [-0.4, -0.2) is 11.1 Å². The van der Waals surface area contributed by atoms with Gasteiger partial charge in [-0.15, -0.1) is 0 Å². The van der Waals surface area contributed by atoms with E-state index >= 15 is 0 Å². The second-order valence-electron chi connectivity index (χ2n) is 3.77. The summed E-state index contributed by atoms with van der Waals surface area (Å²) in [6.07, 6.45) is 1.67. The summed E-state index contributed by atoms with van der Waals surface area (Å²) >= 11 is 5.75. The summed E-state index contributed by atoms with van der Waals surface area (Å²) in [6.45, 7) is 0. The Morgan fingerprint density at radius 1 is 1.43 bits per heavy atom. The molecule has 1 aromatic carbocycles. The van der Waals surface area contributed by atoms with Crippen molar-refractivity contribution in [1.29, 1.82) is 0 Å². The van der Waals surface area contributed by atoms with Gasteiger partial charge in [0.05, 0.1) is 5.92 Å². The van der Waals surface area contributed by atoms with Gasteiger partial charge in [-0.1, -0.05) is 23.7 Å². The molecule has 0 radical (unpaired) electrons. The van der Waals surface area contributed by atoms with Gasteiger partial charge >= 0.3 is 5.97 Å². The van der Waals surface area contributed by atoms with Crippen molar-refractivity contribution in [2.75, 3.05) is 0 Å². The highest BCUT2D eigenvalue weighted by Crippen LogP contribution is 2.41. The number of carbonyl (C=O) groups is 1. The maximum Gasteiger partial charge on any atom is 0.306 e. The second-order valence-corrected chi connectivity index (χ2v) is 4.21. The zero-order valence-electron chi connectivity index (χ0n) is 7.61. The van der Waals surface area contributed by atoms with Crippen molar-refractivity contribution in [3.63, 3.8) is 0 Å². The van der Waals surface area contributed by atoms with Crippen LogP contribution in [0.5, 0.6) is 0 Å². The first kappa shape index (κ1) is 9.53. The first-order valence-electron chi connectivity index (χ1n) is 4.64. The minimum Gasteiger partial charge on any atom is -0.481 e. The topological polar surface area (TPSA) is 37.3 Å². The molecule has 3 heteroatoms. The maximum atomic E-state index is 10.6. The van der Waals surface area contributed by atoms with Crippen molar-refractivity contribution in [2.24, 2.45) is 11.8 Å². The number of halogens is 1. The number of carboxylic acids is 1. The molecular formula is C11H11ClO2. The molecule has 0 unspecified atom stereocenters. The van der Waals surface area contributed by atoms with Crippen molar-refractivity contribution in [3.05, 3.63) is 34.9 Å². The molecule has 2 nitrogen and oxygen atoms in total. The fraction of sp³-hybridized carbons (Fsp3) is 0.364. The molecular weight excluding hydrogens is 200 g/mol. The Morgan fingerprint density at radius 3 is 2.57 bits per heavy atom. The molecule has 1 N–H and O–H groups in total. The summed E-state index contributed by atoms with van der Waals surface area (Å²) in [7, 11) is 0. The van der Waals surface area contributed by atoms with E-state index in [1.165, 1.54) is 5.56 Å². The average Bonchev–Trinajstić information content (AvgIpc) is 2.88. The van der Waals surface area contributed by atoms with Crippen LogP contribution in [0.2, 0.25) is 5.02 Å². The van der Waals surface area contributed by atoms with Gasteiger partial charge in [0.1, 0.15) is 0 Å². The molecule has 1 fully saturated rings. The molecule has 0 amide bonds. The highest BCUT2D eigenvalue weighted by molar-refractivity contribution is 6.30. The molecule has 14 heavy (non-hydrogen) atoms. The van der Waals surface area contributed by atoms with Crippen LogP contribution in [0.1, 0.15) is 12.0 Å². The molecule has 0 bridgehead atoms. The molecule has 0 aromatic heterocycles. The van der Waals surface area contributed by atoms with E-state index in [9.17, 15) is 4.79 Å². The fourth-order valence-corrected chi connectivity index (χ4v) is 1.82. The van der Waals surface area contributed by atoms with E-state index in [-0.39, 0.29) is 5.92 Å². The van der Waals surface area contributed by atoms with Gasteiger partial charge in [-0.05, 0) is 36.5 Å². The maximum absolute atomic E-state index is 10.6. The Morgan fingerprint density at radius 2 is 2.07 bits per heavy atom. The van der Waals surface area contributed by atoms with Crippen molar-refractivity contribution < 1.29 is 9.90 Å². The van der Waals surface area contributed by atoms with Crippen LogP contribution in [0, 0.1) is 11.8 Å². The smallest absolute Gasteiger partial charge is 0.306 e. The Balaban J connectivity index is 1.94. The van der Waals surface area contributed by atoms with Gasteiger partial charge in [0.25, 0.3) is 0 Å². The third-order valence-corrected chi connectivity index (χ3v) is 2.90. The van der Waals surface area contributed by atoms with Crippen LogP contribution in [0.15, 0.2) is 24.3 Å². The summed E-state index contributed by atoms with van der Waals surface area (Å²) in [4.78, 5) is 10.6. The highest BCUT2D eigenvalue weighted by Gasteiger charge is 2.42. The van der Waals surface area contributed by atoms with E-state index in [0.717, 1.165) is 17.9 Å². The zero-order valence-corrected chi connectivity index (χ0v) is 8.37. The third kappa shape index (κ3) is 2.07. The van der Waals surface area contributed by atoms with Crippen molar-refractivity contribution in [3.8, 4) is 0 Å². The summed E-state index contributed by atoms with van der Waals surface area (Å²) in [5.41, 5.74) is 1.17. The lowest BCUT2D eigenvalue weighted by atomic mass is 10.1. The van der Waals surface area contributed by atoms with Gasteiger partial charge < -0.3 is 5.11 Å². The molecule has 2 atom stereocenters. The van der Waals surface area contributed by atoms with Gasteiger partial charge in [-0.3, -0.25) is 4.79 Å².